The number of imidazole rings is 1. The van der Waals surface area contributed by atoms with Gasteiger partial charge in [0.05, 0.1) is 18.6 Å². The molecule has 17 heavy (non-hydrogen) atoms. The molecule has 0 aliphatic carbocycles. The van der Waals surface area contributed by atoms with E-state index >= 15 is 0 Å². The van der Waals surface area contributed by atoms with E-state index in [0.717, 1.165) is 5.56 Å². The first-order chi connectivity index (χ1) is 7.70. The molecule has 0 spiro atoms. The van der Waals surface area contributed by atoms with Gasteiger partial charge in [-0.1, -0.05) is 30.3 Å². The Morgan fingerprint density at radius 2 is 2.06 bits per heavy atom. The van der Waals surface area contributed by atoms with E-state index in [2.05, 4.69) is 4.98 Å². The van der Waals surface area contributed by atoms with E-state index in [-0.39, 0.29) is 42.7 Å². The number of carbonyl (C=O) groups is 1. The molecule has 0 bridgehead atoms. The minimum atomic E-state index is -0.958. The largest absolute Gasteiger partial charge is 1.00 e. The normalized spacial score (nSPS) is 11.6. The summed E-state index contributed by atoms with van der Waals surface area (Å²) >= 11 is 0. The molecule has 1 aromatic heterocycles. The summed E-state index contributed by atoms with van der Waals surface area (Å²) in [6.07, 6.45) is 2.91. The third kappa shape index (κ3) is 2.97. The van der Waals surface area contributed by atoms with Crippen LogP contribution in [0.15, 0.2) is 42.9 Å². The maximum atomic E-state index is 11.0. The monoisotopic (exact) mass is 240 g/mol. The van der Waals surface area contributed by atoms with E-state index in [1.807, 2.05) is 37.3 Å². The molecule has 0 aliphatic rings. The van der Waals surface area contributed by atoms with Gasteiger partial charge in [0.15, 0.2) is 0 Å². The Hall–Kier alpha value is -1.10. The number of rotatable bonds is 3. The van der Waals surface area contributed by atoms with Crippen LogP contribution in [0.3, 0.4) is 0 Å². The zero-order valence-corrected chi connectivity index (χ0v) is 11.9. The van der Waals surface area contributed by atoms with Crippen LogP contribution in [-0.4, -0.2) is 20.6 Å². The fourth-order valence-electron chi connectivity index (χ4n) is 1.67. The Morgan fingerprint density at radius 1 is 1.41 bits per heavy atom. The Bertz CT molecular complexity index is 502. The molecule has 2 rings (SSSR count). The summed E-state index contributed by atoms with van der Waals surface area (Å²) in [5.41, 5.74) is 1.26. The van der Waals surface area contributed by atoms with Crippen molar-refractivity contribution in [2.45, 2.75) is 13.0 Å². The number of aromatic nitrogens is 2. The summed E-state index contributed by atoms with van der Waals surface area (Å²) < 4.78 is 1.65. The summed E-state index contributed by atoms with van der Waals surface area (Å²) in [6.45, 7) is 1.95. The van der Waals surface area contributed by atoms with E-state index in [1.54, 1.807) is 10.9 Å². The molecule has 1 N–H and O–H groups in total. The zero-order valence-electron chi connectivity index (χ0n) is 10.9. The SMILES string of the molecule is CC(c1ccccc1)n1cncc1C(=O)O.[H-].[Na+]. The average molecular weight is 240 g/mol. The predicted molar refractivity (Wildman–Crippen MR) is 60.6 cm³/mol. The van der Waals surface area contributed by atoms with Gasteiger partial charge >= 0.3 is 35.5 Å². The van der Waals surface area contributed by atoms with Crippen molar-refractivity contribution in [3.8, 4) is 0 Å². The van der Waals surface area contributed by atoms with Crippen LogP contribution in [0.2, 0.25) is 0 Å². The first-order valence-corrected chi connectivity index (χ1v) is 5.00. The van der Waals surface area contributed by atoms with Crippen LogP contribution in [0.4, 0.5) is 0 Å². The molecule has 5 heteroatoms. The number of aromatic carboxylic acids is 1. The van der Waals surface area contributed by atoms with Gasteiger partial charge in [-0.25, -0.2) is 9.78 Å². The van der Waals surface area contributed by atoms with Crippen LogP contribution in [0.25, 0.3) is 0 Å². The van der Waals surface area contributed by atoms with Gasteiger partial charge < -0.3 is 11.1 Å². The third-order valence-corrected chi connectivity index (χ3v) is 2.58. The fraction of sp³-hybridized carbons (Fsp3) is 0.167. The molecule has 84 valence electrons. The predicted octanol–water partition coefficient (Wildman–Crippen LogP) is -0.693. The summed E-state index contributed by atoms with van der Waals surface area (Å²) in [7, 11) is 0. The Balaban J connectivity index is 0.00000144. The third-order valence-electron chi connectivity index (χ3n) is 2.58. The van der Waals surface area contributed by atoms with Crippen LogP contribution in [0, 0.1) is 0 Å². The summed E-state index contributed by atoms with van der Waals surface area (Å²) in [5.74, 6) is -0.958. The average Bonchev–Trinajstić information content (AvgIpc) is 2.78. The molecule has 0 saturated carbocycles. The van der Waals surface area contributed by atoms with Gasteiger partial charge in [-0.3, -0.25) is 0 Å². The first-order valence-electron chi connectivity index (χ1n) is 5.00. The minimum Gasteiger partial charge on any atom is -1.00 e. The molecule has 1 aromatic carbocycles. The van der Waals surface area contributed by atoms with Gasteiger partial charge in [0.2, 0.25) is 0 Å². The van der Waals surface area contributed by atoms with E-state index in [0.29, 0.717) is 0 Å². The van der Waals surface area contributed by atoms with Crippen molar-refractivity contribution < 1.29 is 40.9 Å². The molecular weight excluding hydrogens is 227 g/mol. The van der Waals surface area contributed by atoms with Crippen molar-refractivity contribution in [3.05, 3.63) is 54.1 Å². The van der Waals surface area contributed by atoms with Gasteiger partial charge in [-0.15, -0.1) is 0 Å². The van der Waals surface area contributed by atoms with E-state index in [4.69, 9.17) is 5.11 Å². The molecule has 2 aromatic rings. The maximum Gasteiger partial charge on any atom is 1.00 e. The van der Waals surface area contributed by atoms with Crippen molar-refractivity contribution in [1.29, 1.82) is 0 Å². The summed E-state index contributed by atoms with van der Waals surface area (Å²) in [6, 6.07) is 9.70. The molecule has 0 fully saturated rings. The number of carboxylic acids is 1. The van der Waals surface area contributed by atoms with E-state index in [9.17, 15) is 4.79 Å². The Morgan fingerprint density at radius 3 is 2.65 bits per heavy atom. The molecule has 0 saturated heterocycles. The van der Waals surface area contributed by atoms with Gasteiger partial charge in [-0.05, 0) is 12.5 Å². The second-order valence-corrected chi connectivity index (χ2v) is 3.58. The van der Waals surface area contributed by atoms with Crippen molar-refractivity contribution in [2.75, 3.05) is 0 Å². The second kappa shape index (κ2) is 6.00. The molecule has 0 amide bonds. The second-order valence-electron chi connectivity index (χ2n) is 3.58. The number of nitrogens with zero attached hydrogens (tertiary/aromatic N) is 2. The fourth-order valence-corrected chi connectivity index (χ4v) is 1.67. The van der Waals surface area contributed by atoms with E-state index in [1.165, 1.54) is 6.20 Å². The number of benzene rings is 1. The number of hydrogen-bond donors (Lipinski definition) is 1. The molecule has 0 radical (unpaired) electrons. The molecule has 4 nitrogen and oxygen atoms in total. The maximum absolute atomic E-state index is 11.0. The molecule has 1 unspecified atom stereocenters. The number of hydrogen-bond acceptors (Lipinski definition) is 2. The van der Waals surface area contributed by atoms with Crippen LogP contribution in [0.1, 0.15) is 30.4 Å². The minimum absolute atomic E-state index is 0. The Kier molecular flexibility index (Phi) is 4.93. The van der Waals surface area contributed by atoms with Crippen LogP contribution in [-0.2, 0) is 0 Å². The van der Waals surface area contributed by atoms with Crippen molar-refractivity contribution >= 4 is 5.97 Å². The molecule has 1 atom stereocenters. The molecule has 1 heterocycles. The van der Waals surface area contributed by atoms with Crippen LogP contribution >= 0.6 is 0 Å². The van der Waals surface area contributed by atoms with Crippen LogP contribution in [0.5, 0.6) is 0 Å². The van der Waals surface area contributed by atoms with Crippen LogP contribution < -0.4 is 29.6 Å². The van der Waals surface area contributed by atoms with Crippen molar-refractivity contribution in [1.82, 2.24) is 9.55 Å². The Labute approximate surface area is 123 Å². The van der Waals surface area contributed by atoms with Crippen molar-refractivity contribution in [2.24, 2.45) is 0 Å². The molecule has 0 aliphatic heterocycles. The quantitative estimate of drug-likeness (QED) is 0.722. The summed E-state index contributed by atoms with van der Waals surface area (Å²) in [4.78, 5) is 14.8. The number of carboxylic acid groups (broad SMARTS) is 1. The molecular formula is C12H13N2NaO2. The topological polar surface area (TPSA) is 55.1 Å². The smallest absolute Gasteiger partial charge is 1.00 e. The van der Waals surface area contributed by atoms with Crippen molar-refractivity contribution in [3.63, 3.8) is 0 Å². The van der Waals surface area contributed by atoms with Gasteiger partial charge in [0.1, 0.15) is 5.69 Å². The summed E-state index contributed by atoms with van der Waals surface area (Å²) in [5, 5.41) is 8.99. The van der Waals surface area contributed by atoms with Gasteiger partial charge in [-0.2, -0.15) is 0 Å². The zero-order chi connectivity index (χ0) is 11.5. The van der Waals surface area contributed by atoms with Gasteiger partial charge in [0, 0.05) is 0 Å². The van der Waals surface area contributed by atoms with E-state index < -0.39 is 5.97 Å². The first kappa shape index (κ1) is 14.0. The van der Waals surface area contributed by atoms with Gasteiger partial charge in [0.25, 0.3) is 0 Å². The standard InChI is InChI=1S/C12H12N2O2.Na.H/c1-9(10-5-3-2-4-6-10)14-8-13-7-11(14)12(15)16;;/h2-9H,1H3,(H,15,16);;/q;+1;-1.